The maximum absolute atomic E-state index is 12.4. The fraction of sp³-hybridized carbons (Fsp3) is 0.318. The topological polar surface area (TPSA) is 80.5 Å². The Morgan fingerprint density at radius 3 is 2.75 bits per heavy atom. The lowest BCUT2D eigenvalue weighted by molar-refractivity contribution is 0.196. The third-order valence-corrected chi connectivity index (χ3v) is 5.49. The van der Waals surface area contributed by atoms with Gasteiger partial charge in [-0.25, -0.2) is 4.79 Å². The van der Waals surface area contributed by atoms with E-state index >= 15 is 0 Å². The van der Waals surface area contributed by atoms with E-state index < -0.39 is 0 Å². The Balaban J connectivity index is 1.37. The van der Waals surface area contributed by atoms with Crippen LogP contribution in [0.1, 0.15) is 24.0 Å². The monoisotopic (exact) mass is 373 g/mol. The summed E-state index contributed by atoms with van der Waals surface area (Å²) in [6, 6.07) is 17.3. The third kappa shape index (κ3) is 3.90. The Morgan fingerprint density at radius 1 is 1.21 bits per heavy atom. The zero-order valence-electron chi connectivity index (χ0n) is 15.9. The molecule has 0 saturated carbocycles. The van der Waals surface area contributed by atoms with Gasteiger partial charge in [0, 0.05) is 30.4 Å². The van der Waals surface area contributed by atoms with Crippen LogP contribution in [0.2, 0.25) is 0 Å². The van der Waals surface area contributed by atoms with E-state index in [1.165, 1.54) is 11.3 Å². The summed E-state index contributed by atoms with van der Waals surface area (Å²) in [6.45, 7) is 0.918. The Hall–Kier alpha value is -3.17. The molecule has 0 aliphatic carbocycles. The van der Waals surface area contributed by atoms with Crippen molar-refractivity contribution in [3.63, 3.8) is 0 Å². The van der Waals surface area contributed by atoms with Crippen LogP contribution in [0.15, 0.2) is 53.5 Å². The SMILES string of the molecule is CN1CC[C@@H](NC(=O)Nc2ccc(C#N)cc2)C[C@@H]1C1=Nc2ccccc2C1. The molecule has 2 amide bonds. The molecule has 0 radical (unpaired) electrons. The number of likely N-dealkylation sites (tertiary alicyclic amines) is 1. The number of benzene rings is 2. The number of nitrogens with zero attached hydrogens (tertiary/aromatic N) is 3. The lowest BCUT2D eigenvalue weighted by Crippen LogP contribution is -2.52. The molecule has 2 N–H and O–H groups in total. The average Bonchev–Trinajstić information content (AvgIpc) is 3.14. The van der Waals surface area contributed by atoms with Crippen molar-refractivity contribution in [3.8, 4) is 6.07 Å². The molecule has 0 unspecified atom stereocenters. The number of carbonyl (C=O) groups is 1. The van der Waals surface area contributed by atoms with Crippen LogP contribution in [0.5, 0.6) is 0 Å². The molecule has 2 atom stereocenters. The number of fused-ring (bicyclic) bond motifs is 1. The van der Waals surface area contributed by atoms with Crippen molar-refractivity contribution in [1.29, 1.82) is 5.26 Å². The van der Waals surface area contributed by atoms with Crippen LogP contribution >= 0.6 is 0 Å². The molecule has 0 bridgehead atoms. The van der Waals surface area contributed by atoms with Gasteiger partial charge in [-0.15, -0.1) is 0 Å². The Morgan fingerprint density at radius 2 is 2.00 bits per heavy atom. The number of nitrogens with one attached hydrogen (secondary N) is 2. The van der Waals surface area contributed by atoms with Gasteiger partial charge in [-0.2, -0.15) is 5.26 Å². The van der Waals surface area contributed by atoms with Crippen molar-refractivity contribution in [2.75, 3.05) is 18.9 Å². The number of aliphatic imine (C=N–C) groups is 1. The van der Waals surface area contributed by atoms with Gasteiger partial charge in [0.05, 0.1) is 23.4 Å². The van der Waals surface area contributed by atoms with E-state index in [4.69, 9.17) is 10.3 Å². The zero-order chi connectivity index (χ0) is 19.5. The van der Waals surface area contributed by atoms with Gasteiger partial charge >= 0.3 is 6.03 Å². The van der Waals surface area contributed by atoms with Crippen LogP contribution in [0, 0.1) is 11.3 Å². The summed E-state index contributed by atoms with van der Waals surface area (Å²) in [7, 11) is 2.13. The third-order valence-electron chi connectivity index (χ3n) is 5.49. The lowest BCUT2D eigenvalue weighted by atomic mass is 9.92. The highest BCUT2D eigenvalue weighted by atomic mass is 16.2. The Labute approximate surface area is 164 Å². The van der Waals surface area contributed by atoms with E-state index in [1.807, 2.05) is 6.07 Å². The summed E-state index contributed by atoms with van der Waals surface area (Å²) >= 11 is 0. The number of rotatable bonds is 3. The van der Waals surface area contributed by atoms with Gasteiger partial charge in [0.1, 0.15) is 0 Å². The minimum atomic E-state index is -0.213. The molecule has 1 fully saturated rings. The molecule has 0 aromatic heterocycles. The van der Waals surface area contributed by atoms with E-state index in [1.54, 1.807) is 24.3 Å². The van der Waals surface area contributed by atoms with Crippen molar-refractivity contribution >= 4 is 23.1 Å². The predicted molar refractivity (Wildman–Crippen MR) is 110 cm³/mol. The number of para-hydroxylation sites is 1. The Kier molecular flexibility index (Phi) is 5.09. The molecule has 2 heterocycles. The fourth-order valence-electron chi connectivity index (χ4n) is 3.94. The van der Waals surface area contributed by atoms with Crippen LogP contribution in [0.25, 0.3) is 0 Å². The second-order valence-electron chi connectivity index (χ2n) is 7.41. The molecule has 6 nitrogen and oxygen atoms in total. The normalized spacial score (nSPS) is 21.4. The van der Waals surface area contributed by atoms with Gasteiger partial charge in [-0.05, 0) is 55.8 Å². The molecule has 1 saturated heterocycles. The number of hydrogen-bond donors (Lipinski definition) is 2. The fourth-order valence-corrected chi connectivity index (χ4v) is 3.94. The van der Waals surface area contributed by atoms with Crippen molar-refractivity contribution in [2.45, 2.75) is 31.3 Å². The van der Waals surface area contributed by atoms with Gasteiger partial charge < -0.3 is 10.6 Å². The molecule has 2 aliphatic rings. The highest BCUT2D eigenvalue weighted by molar-refractivity contribution is 5.98. The number of urea groups is 1. The van der Waals surface area contributed by atoms with Crippen LogP contribution < -0.4 is 10.6 Å². The molecule has 2 aromatic carbocycles. The number of amides is 2. The van der Waals surface area contributed by atoms with E-state index in [9.17, 15) is 4.79 Å². The van der Waals surface area contributed by atoms with Crippen LogP contribution in [0.4, 0.5) is 16.2 Å². The number of hydrogen-bond acceptors (Lipinski definition) is 4. The second-order valence-corrected chi connectivity index (χ2v) is 7.41. The minimum absolute atomic E-state index is 0.103. The minimum Gasteiger partial charge on any atom is -0.335 e. The highest BCUT2D eigenvalue weighted by Crippen LogP contribution is 2.30. The highest BCUT2D eigenvalue weighted by Gasteiger charge is 2.32. The first-order chi connectivity index (χ1) is 13.6. The summed E-state index contributed by atoms with van der Waals surface area (Å²) in [5, 5.41) is 14.8. The summed E-state index contributed by atoms with van der Waals surface area (Å²) in [4.78, 5) is 19.6. The molecule has 6 heteroatoms. The largest absolute Gasteiger partial charge is 0.335 e. The molecule has 0 spiro atoms. The van der Waals surface area contributed by atoms with Gasteiger partial charge in [0.2, 0.25) is 0 Å². The first kappa shape index (κ1) is 18.2. The van der Waals surface area contributed by atoms with Gasteiger partial charge in [-0.3, -0.25) is 9.89 Å². The molecule has 2 aliphatic heterocycles. The summed E-state index contributed by atoms with van der Waals surface area (Å²) in [5.41, 5.74) is 4.78. The van der Waals surface area contributed by atoms with Crippen molar-refractivity contribution in [3.05, 3.63) is 59.7 Å². The molecular formula is C22H23N5O. The number of carbonyl (C=O) groups excluding carboxylic acids is 1. The van der Waals surface area contributed by atoms with Gasteiger partial charge in [0.15, 0.2) is 0 Å². The van der Waals surface area contributed by atoms with Gasteiger partial charge in [-0.1, -0.05) is 18.2 Å². The van der Waals surface area contributed by atoms with E-state index in [0.717, 1.165) is 31.5 Å². The molecule has 2 aromatic rings. The first-order valence-electron chi connectivity index (χ1n) is 9.55. The summed E-state index contributed by atoms with van der Waals surface area (Å²) < 4.78 is 0. The number of piperidine rings is 1. The average molecular weight is 373 g/mol. The van der Waals surface area contributed by atoms with Crippen LogP contribution in [-0.4, -0.2) is 42.3 Å². The summed E-state index contributed by atoms with van der Waals surface area (Å²) in [5.74, 6) is 0. The van der Waals surface area contributed by atoms with Crippen LogP contribution in [0.3, 0.4) is 0 Å². The van der Waals surface area contributed by atoms with E-state index in [2.05, 4.69) is 46.8 Å². The quantitative estimate of drug-likeness (QED) is 0.864. The van der Waals surface area contributed by atoms with Gasteiger partial charge in [0.25, 0.3) is 0 Å². The molecule has 28 heavy (non-hydrogen) atoms. The number of anilines is 1. The van der Waals surface area contributed by atoms with Crippen molar-refractivity contribution in [1.82, 2.24) is 10.2 Å². The maximum atomic E-state index is 12.4. The molecular weight excluding hydrogens is 350 g/mol. The Bertz CT molecular complexity index is 944. The lowest BCUT2D eigenvalue weighted by Gasteiger charge is -2.37. The van der Waals surface area contributed by atoms with E-state index in [0.29, 0.717) is 11.3 Å². The van der Waals surface area contributed by atoms with Crippen molar-refractivity contribution in [2.24, 2.45) is 4.99 Å². The zero-order valence-corrected chi connectivity index (χ0v) is 15.9. The number of nitriles is 1. The molecule has 142 valence electrons. The van der Waals surface area contributed by atoms with Crippen LogP contribution in [-0.2, 0) is 6.42 Å². The predicted octanol–water partition coefficient (Wildman–Crippen LogP) is 3.47. The smallest absolute Gasteiger partial charge is 0.319 e. The second kappa shape index (κ2) is 7.83. The van der Waals surface area contributed by atoms with E-state index in [-0.39, 0.29) is 18.1 Å². The summed E-state index contributed by atoms with van der Waals surface area (Å²) in [6.07, 6.45) is 2.65. The molecule has 4 rings (SSSR count). The maximum Gasteiger partial charge on any atom is 0.319 e. The standard InChI is InChI=1S/C22H23N5O/c1-27-11-10-18(25-22(28)24-17-8-6-15(14-23)7-9-17)13-21(27)20-12-16-4-2-3-5-19(16)26-20/h2-9,18,21H,10-13H2,1H3,(H2,24,25,28)/t18-,21-/m1/s1. The first-order valence-corrected chi connectivity index (χ1v) is 9.55. The van der Waals surface area contributed by atoms with Crippen molar-refractivity contribution < 1.29 is 4.79 Å².